The second-order valence-electron chi connectivity index (χ2n) is 4.51. The minimum absolute atomic E-state index is 0.694. The summed E-state index contributed by atoms with van der Waals surface area (Å²) in [5, 5.41) is 10.2. The SMILES string of the molecule is CCCOc1cc(N)cc(NCc2cn[nH]c2C)c1. The van der Waals surface area contributed by atoms with Crippen LogP contribution >= 0.6 is 0 Å². The quantitative estimate of drug-likeness (QED) is 0.698. The molecule has 1 heterocycles. The number of aromatic amines is 1. The summed E-state index contributed by atoms with van der Waals surface area (Å²) in [6.45, 7) is 5.48. The molecule has 0 amide bonds. The monoisotopic (exact) mass is 260 g/mol. The predicted molar refractivity (Wildman–Crippen MR) is 77.3 cm³/mol. The Morgan fingerprint density at radius 2 is 2.21 bits per heavy atom. The molecule has 4 N–H and O–H groups in total. The van der Waals surface area contributed by atoms with E-state index in [-0.39, 0.29) is 0 Å². The number of hydrogen-bond donors (Lipinski definition) is 3. The Balaban J connectivity index is 2.03. The molecule has 2 aromatic rings. The lowest BCUT2D eigenvalue weighted by Crippen LogP contribution is -2.02. The van der Waals surface area contributed by atoms with Crippen molar-refractivity contribution in [3.63, 3.8) is 0 Å². The van der Waals surface area contributed by atoms with Crippen molar-refractivity contribution in [1.82, 2.24) is 10.2 Å². The third-order valence-corrected chi connectivity index (χ3v) is 2.82. The summed E-state index contributed by atoms with van der Waals surface area (Å²) in [4.78, 5) is 0. The van der Waals surface area contributed by atoms with E-state index in [1.165, 1.54) is 0 Å². The van der Waals surface area contributed by atoms with Gasteiger partial charge >= 0.3 is 0 Å². The molecular formula is C14H20N4O. The molecule has 0 unspecified atom stereocenters. The average molecular weight is 260 g/mol. The van der Waals surface area contributed by atoms with Crippen molar-refractivity contribution in [3.05, 3.63) is 35.7 Å². The van der Waals surface area contributed by atoms with E-state index < -0.39 is 0 Å². The number of nitrogen functional groups attached to an aromatic ring is 1. The van der Waals surface area contributed by atoms with Crippen molar-refractivity contribution in [2.24, 2.45) is 0 Å². The number of H-pyrrole nitrogens is 1. The van der Waals surface area contributed by atoms with Crippen molar-refractivity contribution in [2.75, 3.05) is 17.7 Å². The molecule has 1 aromatic carbocycles. The van der Waals surface area contributed by atoms with Gasteiger partial charge in [0.1, 0.15) is 5.75 Å². The van der Waals surface area contributed by atoms with E-state index in [0.29, 0.717) is 18.8 Å². The molecule has 102 valence electrons. The molecule has 5 nitrogen and oxygen atoms in total. The molecule has 0 saturated heterocycles. The lowest BCUT2D eigenvalue weighted by molar-refractivity contribution is 0.318. The molecule has 0 bridgehead atoms. The second-order valence-corrected chi connectivity index (χ2v) is 4.51. The maximum absolute atomic E-state index is 5.87. The van der Waals surface area contributed by atoms with Crippen LogP contribution in [0.25, 0.3) is 0 Å². The summed E-state index contributed by atoms with van der Waals surface area (Å²) in [5.41, 5.74) is 9.72. The van der Waals surface area contributed by atoms with Crippen LogP contribution in [0.2, 0.25) is 0 Å². The van der Waals surface area contributed by atoms with Gasteiger partial charge in [-0.2, -0.15) is 5.10 Å². The predicted octanol–water partition coefficient (Wildman–Crippen LogP) is 2.70. The van der Waals surface area contributed by atoms with Crippen molar-refractivity contribution in [3.8, 4) is 5.75 Å². The number of rotatable bonds is 6. The van der Waals surface area contributed by atoms with Crippen molar-refractivity contribution >= 4 is 11.4 Å². The first-order chi connectivity index (χ1) is 9.19. The molecule has 0 fully saturated rings. The van der Waals surface area contributed by atoms with Gasteiger partial charge in [-0.05, 0) is 19.4 Å². The van der Waals surface area contributed by atoms with Gasteiger partial charge in [0.25, 0.3) is 0 Å². The minimum Gasteiger partial charge on any atom is -0.493 e. The molecule has 0 spiro atoms. The number of nitrogens with two attached hydrogens (primary N) is 1. The van der Waals surface area contributed by atoms with Gasteiger partial charge in [0, 0.05) is 41.3 Å². The zero-order valence-corrected chi connectivity index (χ0v) is 11.4. The first-order valence-electron chi connectivity index (χ1n) is 6.45. The highest BCUT2D eigenvalue weighted by Crippen LogP contribution is 2.23. The third kappa shape index (κ3) is 3.64. The van der Waals surface area contributed by atoms with Crippen LogP contribution in [0.5, 0.6) is 5.75 Å². The van der Waals surface area contributed by atoms with Crippen LogP contribution in [0.15, 0.2) is 24.4 Å². The van der Waals surface area contributed by atoms with Crippen LogP contribution in [-0.4, -0.2) is 16.8 Å². The van der Waals surface area contributed by atoms with E-state index in [1.807, 2.05) is 31.3 Å². The number of benzene rings is 1. The van der Waals surface area contributed by atoms with Crippen LogP contribution in [0.4, 0.5) is 11.4 Å². The van der Waals surface area contributed by atoms with Gasteiger partial charge in [-0.15, -0.1) is 0 Å². The first kappa shape index (κ1) is 13.3. The smallest absolute Gasteiger partial charge is 0.123 e. The van der Waals surface area contributed by atoms with E-state index in [9.17, 15) is 0 Å². The standard InChI is InChI=1S/C14H20N4O/c1-3-4-19-14-6-12(15)5-13(7-14)16-8-11-9-17-18-10(11)2/h5-7,9,16H,3-4,8,15H2,1-2H3,(H,17,18). The number of nitrogens with zero attached hydrogens (tertiary/aromatic N) is 1. The van der Waals surface area contributed by atoms with Crippen molar-refractivity contribution in [1.29, 1.82) is 0 Å². The van der Waals surface area contributed by atoms with Gasteiger partial charge < -0.3 is 15.8 Å². The van der Waals surface area contributed by atoms with Crippen molar-refractivity contribution < 1.29 is 4.74 Å². The highest BCUT2D eigenvalue weighted by Gasteiger charge is 2.03. The number of nitrogens with one attached hydrogen (secondary N) is 2. The Morgan fingerprint density at radius 1 is 1.37 bits per heavy atom. The Bertz CT molecular complexity index is 536. The number of aryl methyl sites for hydroxylation is 1. The molecule has 0 aliphatic carbocycles. The molecule has 0 saturated carbocycles. The summed E-state index contributed by atoms with van der Waals surface area (Å²) in [5.74, 6) is 0.799. The lowest BCUT2D eigenvalue weighted by Gasteiger charge is -2.10. The molecule has 0 radical (unpaired) electrons. The Labute approximate surface area is 113 Å². The topological polar surface area (TPSA) is 76.0 Å². The molecule has 1 aromatic heterocycles. The zero-order valence-electron chi connectivity index (χ0n) is 11.4. The van der Waals surface area contributed by atoms with E-state index in [2.05, 4.69) is 22.4 Å². The second kappa shape index (κ2) is 6.13. The Hall–Kier alpha value is -2.17. The fourth-order valence-corrected chi connectivity index (χ4v) is 1.78. The van der Waals surface area contributed by atoms with E-state index >= 15 is 0 Å². The molecule has 2 rings (SSSR count). The van der Waals surface area contributed by atoms with Gasteiger partial charge in [-0.25, -0.2) is 0 Å². The highest BCUT2D eigenvalue weighted by atomic mass is 16.5. The van der Waals surface area contributed by atoms with Crippen LogP contribution in [0.3, 0.4) is 0 Å². The van der Waals surface area contributed by atoms with Crippen LogP contribution < -0.4 is 15.8 Å². The van der Waals surface area contributed by atoms with Crippen LogP contribution in [-0.2, 0) is 6.54 Å². The van der Waals surface area contributed by atoms with Crippen LogP contribution in [0, 0.1) is 6.92 Å². The molecule has 0 aliphatic rings. The lowest BCUT2D eigenvalue weighted by atomic mass is 10.2. The minimum atomic E-state index is 0.694. The van der Waals surface area contributed by atoms with Crippen molar-refractivity contribution in [2.45, 2.75) is 26.8 Å². The third-order valence-electron chi connectivity index (χ3n) is 2.82. The maximum atomic E-state index is 5.87. The summed E-state index contributed by atoms with van der Waals surface area (Å²) >= 11 is 0. The number of anilines is 2. The fourth-order valence-electron chi connectivity index (χ4n) is 1.78. The van der Waals surface area contributed by atoms with E-state index in [4.69, 9.17) is 10.5 Å². The van der Waals surface area contributed by atoms with Crippen LogP contribution in [0.1, 0.15) is 24.6 Å². The van der Waals surface area contributed by atoms with Gasteiger partial charge in [-0.1, -0.05) is 6.92 Å². The van der Waals surface area contributed by atoms with E-state index in [0.717, 1.165) is 29.1 Å². The Kier molecular flexibility index (Phi) is 4.28. The summed E-state index contributed by atoms with van der Waals surface area (Å²) in [6, 6.07) is 5.69. The maximum Gasteiger partial charge on any atom is 0.123 e. The van der Waals surface area contributed by atoms with E-state index in [1.54, 1.807) is 0 Å². The first-order valence-corrected chi connectivity index (χ1v) is 6.45. The largest absolute Gasteiger partial charge is 0.493 e. The molecule has 19 heavy (non-hydrogen) atoms. The summed E-state index contributed by atoms with van der Waals surface area (Å²) in [7, 11) is 0. The molecule has 5 heteroatoms. The fraction of sp³-hybridized carbons (Fsp3) is 0.357. The zero-order chi connectivity index (χ0) is 13.7. The van der Waals surface area contributed by atoms with Gasteiger partial charge in [0.15, 0.2) is 0 Å². The molecular weight excluding hydrogens is 240 g/mol. The van der Waals surface area contributed by atoms with Gasteiger partial charge in [0.2, 0.25) is 0 Å². The average Bonchev–Trinajstić information content (AvgIpc) is 2.79. The number of aromatic nitrogens is 2. The number of ether oxygens (including phenoxy) is 1. The number of hydrogen-bond acceptors (Lipinski definition) is 4. The normalized spacial score (nSPS) is 10.4. The summed E-state index contributed by atoms with van der Waals surface area (Å²) in [6.07, 6.45) is 2.80. The molecule has 0 atom stereocenters. The molecule has 0 aliphatic heterocycles. The van der Waals surface area contributed by atoms with Gasteiger partial charge in [-0.3, -0.25) is 5.10 Å². The highest BCUT2D eigenvalue weighted by molar-refractivity contribution is 5.59. The summed E-state index contributed by atoms with van der Waals surface area (Å²) < 4.78 is 5.60. The van der Waals surface area contributed by atoms with Gasteiger partial charge in [0.05, 0.1) is 12.8 Å². The Morgan fingerprint density at radius 3 is 2.89 bits per heavy atom.